The summed E-state index contributed by atoms with van der Waals surface area (Å²) in [6, 6.07) is 10.1. The molecule has 2 heteroatoms. The molecule has 1 nitrogen and oxygen atoms in total. The predicted molar refractivity (Wildman–Crippen MR) is 64.7 cm³/mol. The molecule has 2 aromatic rings. The minimum absolute atomic E-state index is 0.900. The maximum atomic E-state index is 4.30. The van der Waals surface area contributed by atoms with E-state index < -0.39 is 0 Å². The first-order valence-corrected chi connectivity index (χ1v) is 5.72. The zero-order chi connectivity index (χ0) is 10.5. The fraction of sp³-hybridized carbons (Fsp3) is 0.154. The Morgan fingerprint density at radius 1 is 1.27 bits per heavy atom. The Kier molecular flexibility index (Phi) is 3.16. The molecule has 0 saturated carbocycles. The van der Waals surface area contributed by atoms with Crippen LogP contribution in [0.1, 0.15) is 18.2 Å². The van der Waals surface area contributed by atoms with Crippen LogP contribution in [0.4, 0.5) is 0 Å². The normalized spacial score (nSPS) is 9.40. The predicted octanol–water partition coefficient (Wildman–Crippen LogP) is 3.57. The van der Waals surface area contributed by atoms with Gasteiger partial charge in [-0.3, -0.25) is 4.98 Å². The van der Waals surface area contributed by atoms with Gasteiger partial charge in [0.2, 0.25) is 0 Å². The van der Waals surface area contributed by atoms with Gasteiger partial charge in [-0.25, -0.2) is 0 Å². The van der Waals surface area contributed by atoms with Crippen molar-refractivity contribution in [3.05, 3.63) is 41.4 Å². The Labute approximate surface area is 93.8 Å². The maximum absolute atomic E-state index is 4.30. The number of hydrogen-bond acceptors (Lipinski definition) is 2. The number of aromatic nitrogens is 1. The lowest BCUT2D eigenvalue weighted by atomic mass is 10.3. The van der Waals surface area contributed by atoms with Gasteiger partial charge in [0.25, 0.3) is 0 Å². The second-order valence-electron chi connectivity index (χ2n) is 3.03. The molecule has 0 saturated heterocycles. The van der Waals surface area contributed by atoms with Crippen LogP contribution in [0.2, 0.25) is 0 Å². The number of pyridine rings is 1. The standard InChI is InChI=1S/C13H11NS/c1-2-3-6-11-8-9-13(15-11)12-7-4-5-10-14-12/h4-5,7-10H,2H2,1H3. The molecule has 0 atom stereocenters. The first kappa shape index (κ1) is 9.95. The third-order valence-corrected chi connectivity index (χ3v) is 2.93. The van der Waals surface area contributed by atoms with Gasteiger partial charge in [-0.05, 0) is 24.3 Å². The Morgan fingerprint density at radius 3 is 2.93 bits per heavy atom. The van der Waals surface area contributed by atoms with Gasteiger partial charge in [0.15, 0.2) is 0 Å². The lowest BCUT2D eigenvalue weighted by molar-refractivity contribution is 1.28. The average Bonchev–Trinajstić information content (AvgIpc) is 2.76. The summed E-state index contributed by atoms with van der Waals surface area (Å²) < 4.78 is 0. The largest absolute Gasteiger partial charge is 0.255 e. The number of thiophene rings is 1. The van der Waals surface area contributed by atoms with Crippen molar-refractivity contribution in [3.8, 4) is 22.4 Å². The van der Waals surface area contributed by atoms with E-state index >= 15 is 0 Å². The molecule has 0 bridgehead atoms. The van der Waals surface area contributed by atoms with Gasteiger partial charge in [-0.1, -0.05) is 24.8 Å². The number of rotatable bonds is 1. The monoisotopic (exact) mass is 213 g/mol. The highest BCUT2D eigenvalue weighted by molar-refractivity contribution is 7.16. The van der Waals surface area contributed by atoms with Crippen LogP contribution in [0.5, 0.6) is 0 Å². The third kappa shape index (κ3) is 2.45. The van der Waals surface area contributed by atoms with Crippen LogP contribution in [-0.4, -0.2) is 4.98 Å². The Morgan fingerprint density at radius 2 is 2.20 bits per heavy atom. The summed E-state index contributed by atoms with van der Waals surface area (Å²) in [5, 5.41) is 0. The van der Waals surface area contributed by atoms with Gasteiger partial charge in [0.05, 0.1) is 15.4 Å². The van der Waals surface area contributed by atoms with E-state index in [9.17, 15) is 0 Å². The molecule has 74 valence electrons. The summed E-state index contributed by atoms with van der Waals surface area (Å²) in [7, 11) is 0. The van der Waals surface area contributed by atoms with Gasteiger partial charge < -0.3 is 0 Å². The van der Waals surface area contributed by atoms with Crippen LogP contribution in [0.25, 0.3) is 10.6 Å². The van der Waals surface area contributed by atoms with Crippen molar-refractivity contribution < 1.29 is 0 Å². The first-order valence-electron chi connectivity index (χ1n) is 4.90. The fourth-order valence-electron chi connectivity index (χ4n) is 1.23. The van der Waals surface area contributed by atoms with Gasteiger partial charge in [0.1, 0.15) is 0 Å². The molecule has 0 spiro atoms. The molecule has 0 unspecified atom stereocenters. The molecule has 0 aliphatic carbocycles. The van der Waals surface area contributed by atoms with E-state index in [2.05, 4.69) is 35.9 Å². The van der Waals surface area contributed by atoms with Gasteiger partial charge in [0, 0.05) is 12.6 Å². The maximum Gasteiger partial charge on any atom is 0.0802 e. The van der Waals surface area contributed by atoms with E-state index in [4.69, 9.17) is 0 Å². The van der Waals surface area contributed by atoms with Crippen molar-refractivity contribution in [1.82, 2.24) is 4.98 Å². The molecular formula is C13H11NS. The van der Waals surface area contributed by atoms with Crippen molar-refractivity contribution in [2.24, 2.45) is 0 Å². The highest BCUT2D eigenvalue weighted by atomic mass is 32.1. The topological polar surface area (TPSA) is 12.9 Å². The molecule has 2 aromatic heterocycles. The molecule has 0 aliphatic rings. The third-order valence-electron chi connectivity index (χ3n) is 1.91. The van der Waals surface area contributed by atoms with Crippen molar-refractivity contribution in [2.45, 2.75) is 13.3 Å². The van der Waals surface area contributed by atoms with Crippen LogP contribution in [0.3, 0.4) is 0 Å². The lowest BCUT2D eigenvalue weighted by Crippen LogP contribution is -1.75. The Bertz CT molecular complexity index is 488. The molecule has 0 fully saturated rings. The molecule has 2 rings (SSSR count). The molecule has 0 aliphatic heterocycles. The van der Waals surface area contributed by atoms with Gasteiger partial charge >= 0.3 is 0 Å². The van der Waals surface area contributed by atoms with E-state index in [0.717, 1.165) is 17.0 Å². The van der Waals surface area contributed by atoms with Crippen molar-refractivity contribution in [1.29, 1.82) is 0 Å². The zero-order valence-electron chi connectivity index (χ0n) is 8.53. The zero-order valence-corrected chi connectivity index (χ0v) is 9.34. The highest BCUT2D eigenvalue weighted by Crippen LogP contribution is 2.25. The molecule has 15 heavy (non-hydrogen) atoms. The SMILES string of the molecule is CCC#Cc1ccc(-c2ccccn2)s1. The average molecular weight is 213 g/mol. The van der Waals surface area contributed by atoms with E-state index in [0.29, 0.717) is 0 Å². The van der Waals surface area contributed by atoms with E-state index in [1.807, 2.05) is 24.4 Å². The minimum atomic E-state index is 0.900. The van der Waals surface area contributed by atoms with Crippen molar-refractivity contribution >= 4 is 11.3 Å². The van der Waals surface area contributed by atoms with Crippen molar-refractivity contribution in [3.63, 3.8) is 0 Å². The Balaban J connectivity index is 2.28. The molecule has 0 amide bonds. The van der Waals surface area contributed by atoms with E-state index in [1.165, 1.54) is 4.88 Å². The quantitative estimate of drug-likeness (QED) is 0.660. The van der Waals surface area contributed by atoms with E-state index in [1.54, 1.807) is 11.3 Å². The van der Waals surface area contributed by atoms with Crippen LogP contribution in [0.15, 0.2) is 36.5 Å². The highest BCUT2D eigenvalue weighted by Gasteiger charge is 2.00. The molecule has 2 heterocycles. The fourth-order valence-corrected chi connectivity index (χ4v) is 2.08. The molecule has 0 N–H and O–H groups in total. The Hall–Kier alpha value is -1.59. The van der Waals surface area contributed by atoms with Gasteiger partial charge in [-0.2, -0.15) is 0 Å². The summed E-state index contributed by atoms with van der Waals surface area (Å²) in [5.74, 6) is 6.19. The summed E-state index contributed by atoms with van der Waals surface area (Å²) in [4.78, 5) is 6.59. The van der Waals surface area contributed by atoms with Crippen LogP contribution in [0, 0.1) is 11.8 Å². The van der Waals surface area contributed by atoms with Gasteiger partial charge in [-0.15, -0.1) is 11.3 Å². The number of nitrogens with zero attached hydrogens (tertiary/aromatic N) is 1. The smallest absolute Gasteiger partial charge is 0.0802 e. The number of hydrogen-bond donors (Lipinski definition) is 0. The second kappa shape index (κ2) is 4.77. The summed E-state index contributed by atoms with van der Waals surface area (Å²) in [5.41, 5.74) is 1.02. The summed E-state index contributed by atoms with van der Waals surface area (Å²) in [6.07, 6.45) is 2.71. The van der Waals surface area contributed by atoms with Crippen molar-refractivity contribution in [2.75, 3.05) is 0 Å². The lowest BCUT2D eigenvalue weighted by Gasteiger charge is -1.92. The van der Waals surface area contributed by atoms with E-state index in [-0.39, 0.29) is 0 Å². The van der Waals surface area contributed by atoms with Crippen LogP contribution in [-0.2, 0) is 0 Å². The van der Waals surface area contributed by atoms with Crippen LogP contribution < -0.4 is 0 Å². The molecule has 0 aromatic carbocycles. The minimum Gasteiger partial charge on any atom is -0.255 e. The first-order chi connectivity index (χ1) is 7.40. The molecule has 0 radical (unpaired) electrons. The molecular weight excluding hydrogens is 202 g/mol. The summed E-state index contributed by atoms with van der Waals surface area (Å²) >= 11 is 1.69. The summed E-state index contributed by atoms with van der Waals surface area (Å²) in [6.45, 7) is 2.06. The van der Waals surface area contributed by atoms with Crippen LogP contribution >= 0.6 is 11.3 Å². The second-order valence-corrected chi connectivity index (χ2v) is 4.12.